The summed E-state index contributed by atoms with van der Waals surface area (Å²) >= 11 is 0. The van der Waals surface area contributed by atoms with E-state index in [0.717, 1.165) is 36.0 Å². The fourth-order valence-corrected chi connectivity index (χ4v) is 4.02. The summed E-state index contributed by atoms with van der Waals surface area (Å²) in [6.45, 7) is 1.80. The Morgan fingerprint density at radius 2 is 1.94 bits per heavy atom. The molecule has 0 aliphatic heterocycles. The van der Waals surface area contributed by atoms with Crippen molar-refractivity contribution in [2.45, 2.75) is 57.0 Å². The van der Waals surface area contributed by atoms with Gasteiger partial charge in [0.15, 0.2) is 0 Å². The van der Waals surface area contributed by atoms with E-state index < -0.39 is 23.6 Å². The molecule has 1 aliphatic carbocycles. The van der Waals surface area contributed by atoms with Crippen molar-refractivity contribution in [3.8, 4) is 17.3 Å². The minimum atomic E-state index is -1.24. The molecular weight excluding hydrogens is 398 g/mol. The Hall–Kier alpha value is -3.67. The van der Waals surface area contributed by atoms with Crippen molar-refractivity contribution in [2.75, 3.05) is 0 Å². The molecule has 2 aromatic rings. The van der Waals surface area contributed by atoms with E-state index in [-0.39, 0.29) is 12.0 Å². The van der Waals surface area contributed by atoms with Crippen LogP contribution in [0.15, 0.2) is 35.1 Å². The standard InChI is InChI=1S/C22H25N5O4/c1-14-11-18(28)26-27-19(14)16-7-5-15(6-8-16)12-17(13-23)24-20(29)22(25-21(30)31)9-3-2-4-10-22/h5-8,11,17,25H,2-4,9-10,12H2,1H3,(H,24,29)(H,26,28)(H,30,31). The maximum atomic E-state index is 12.9. The SMILES string of the molecule is Cc1cc(=O)[nH]nc1-c1ccc(CC(C#N)NC(=O)C2(NC(=O)O)CCCCC2)cc1. The molecule has 1 atom stereocenters. The average Bonchev–Trinajstić information content (AvgIpc) is 2.74. The lowest BCUT2D eigenvalue weighted by molar-refractivity contribution is -0.129. The Bertz CT molecular complexity index is 1050. The van der Waals surface area contributed by atoms with E-state index in [0.29, 0.717) is 18.5 Å². The Labute approximate surface area is 179 Å². The molecule has 1 aromatic carbocycles. The minimum Gasteiger partial charge on any atom is -0.465 e. The number of carbonyl (C=O) groups excluding carboxylic acids is 1. The number of hydrogen-bond acceptors (Lipinski definition) is 5. The zero-order valence-corrected chi connectivity index (χ0v) is 17.3. The zero-order valence-electron chi connectivity index (χ0n) is 17.3. The number of aromatic amines is 1. The normalized spacial score (nSPS) is 16.0. The van der Waals surface area contributed by atoms with Gasteiger partial charge in [-0.1, -0.05) is 43.5 Å². The van der Waals surface area contributed by atoms with Gasteiger partial charge in [0.25, 0.3) is 5.56 Å². The molecule has 0 radical (unpaired) electrons. The summed E-state index contributed by atoms with van der Waals surface area (Å²) < 4.78 is 0. The van der Waals surface area contributed by atoms with Crippen LogP contribution in [0.2, 0.25) is 0 Å². The van der Waals surface area contributed by atoms with Crippen LogP contribution in [0.1, 0.15) is 43.2 Å². The third-order valence-corrected chi connectivity index (χ3v) is 5.62. The quantitative estimate of drug-likeness (QED) is 0.560. The van der Waals surface area contributed by atoms with E-state index in [1.807, 2.05) is 24.3 Å². The topological polar surface area (TPSA) is 148 Å². The van der Waals surface area contributed by atoms with Crippen LogP contribution in [0.3, 0.4) is 0 Å². The highest BCUT2D eigenvalue weighted by Gasteiger charge is 2.41. The van der Waals surface area contributed by atoms with Crippen LogP contribution >= 0.6 is 0 Å². The number of carbonyl (C=O) groups is 2. The van der Waals surface area contributed by atoms with Gasteiger partial charge in [-0.2, -0.15) is 10.4 Å². The van der Waals surface area contributed by atoms with Crippen molar-refractivity contribution < 1.29 is 14.7 Å². The fourth-order valence-electron chi connectivity index (χ4n) is 4.02. The Morgan fingerprint density at radius 1 is 1.26 bits per heavy atom. The van der Waals surface area contributed by atoms with Gasteiger partial charge >= 0.3 is 6.09 Å². The van der Waals surface area contributed by atoms with Gasteiger partial charge in [0.2, 0.25) is 5.91 Å². The summed E-state index contributed by atoms with van der Waals surface area (Å²) in [5, 5.41) is 30.3. The van der Waals surface area contributed by atoms with Crippen molar-refractivity contribution in [3.05, 3.63) is 51.8 Å². The lowest BCUT2D eigenvalue weighted by Crippen LogP contribution is -2.61. The number of carboxylic acid groups (broad SMARTS) is 1. The average molecular weight is 423 g/mol. The number of H-pyrrole nitrogens is 1. The molecule has 1 aromatic heterocycles. The van der Waals surface area contributed by atoms with E-state index in [9.17, 15) is 24.8 Å². The van der Waals surface area contributed by atoms with Crippen LogP contribution < -0.4 is 16.2 Å². The fraction of sp³-hybridized carbons (Fsp3) is 0.409. The monoisotopic (exact) mass is 423 g/mol. The lowest BCUT2D eigenvalue weighted by Gasteiger charge is -2.36. The van der Waals surface area contributed by atoms with Crippen molar-refractivity contribution >= 4 is 12.0 Å². The number of aromatic nitrogens is 2. The number of rotatable bonds is 6. The highest BCUT2D eigenvalue weighted by molar-refractivity contribution is 5.90. The maximum absolute atomic E-state index is 12.9. The van der Waals surface area contributed by atoms with E-state index in [4.69, 9.17) is 0 Å². The number of hydrogen-bond donors (Lipinski definition) is 4. The van der Waals surface area contributed by atoms with Crippen LogP contribution in [0.5, 0.6) is 0 Å². The largest absolute Gasteiger partial charge is 0.465 e. The van der Waals surface area contributed by atoms with E-state index in [1.54, 1.807) is 6.92 Å². The van der Waals surface area contributed by atoms with Crippen LogP contribution in [-0.2, 0) is 11.2 Å². The highest BCUT2D eigenvalue weighted by atomic mass is 16.4. The molecular formula is C22H25N5O4. The van der Waals surface area contributed by atoms with Crippen LogP contribution in [0.4, 0.5) is 4.79 Å². The molecule has 0 saturated heterocycles. The van der Waals surface area contributed by atoms with Crippen molar-refractivity contribution in [1.82, 2.24) is 20.8 Å². The number of amides is 2. The smallest absolute Gasteiger partial charge is 0.405 e. The predicted molar refractivity (Wildman–Crippen MR) is 113 cm³/mol. The molecule has 9 nitrogen and oxygen atoms in total. The summed E-state index contributed by atoms with van der Waals surface area (Å²) in [5.41, 5.74) is 1.62. The van der Waals surface area contributed by atoms with E-state index >= 15 is 0 Å². The summed E-state index contributed by atoms with van der Waals surface area (Å²) in [6, 6.07) is 10.1. The van der Waals surface area contributed by atoms with Gasteiger partial charge in [0.05, 0.1) is 11.8 Å². The second-order valence-corrected chi connectivity index (χ2v) is 7.89. The minimum absolute atomic E-state index is 0.265. The molecule has 0 bridgehead atoms. The van der Waals surface area contributed by atoms with Crippen molar-refractivity contribution in [3.63, 3.8) is 0 Å². The van der Waals surface area contributed by atoms with Gasteiger partial charge in [0.1, 0.15) is 11.6 Å². The first-order valence-electron chi connectivity index (χ1n) is 10.2. The van der Waals surface area contributed by atoms with E-state index in [1.165, 1.54) is 6.07 Å². The van der Waals surface area contributed by atoms with Gasteiger partial charge in [-0.05, 0) is 30.9 Å². The molecule has 31 heavy (non-hydrogen) atoms. The van der Waals surface area contributed by atoms with Gasteiger partial charge in [-0.15, -0.1) is 0 Å². The Balaban J connectivity index is 1.70. The molecule has 3 rings (SSSR count). The summed E-state index contributed by atoms with van der Waals surface area (Å²) in [6.07, 6.45) is 2.34. The van der Waals surface area contributed by atoms with Crippen LogP contribution in [0.25, 0.3) is 11.3 Å². The second kappa shape index (κ2) is 9.43. The third kappa shape index (κ3) is 5.28. The number of benzene rings is 1. The number of nitriles is 1. The third-order valence-electron chi connectivity index (χ3n) is 5.62. The van der Waals surface area contributed by atoms with Crippen LogP contribution in [0, 0.1) is 18.3 Å². The molecule has 0 spiro atoms. The summed E-state index contributed by atoms with van der Waals surface area (Å²) in [7, 11) is 0. The molecule has 1 saturated carbocycles. The van der Waals surface area contributed by atoms with Gasteiger partial charge in [-0.3, -0.25) is 9.59 Å². The maximum Gasteiger partial charge on any atom is 0.405 e. The molecule has 1 fully saturated rings. The molecule has 1 heterocycles. The van der Waals surface area contributed by atoms with Gasteiger partial charge in [-0.25, -0.2) is 9.89 Å². The summed E-state index contributed by atoms with van der Waals surface area (Å²) in [4.78, 5) is 35.5. The van der Waals surface area contributed by atoms with Gasteiger partial charge in [0, 0.05) is 18.1 Å². The number of nitrogens with one attached hydrogen (secondary N) is 3. The molecule has 1 aliphatic rings. The van der Waals surface area contributed by atoms with Crippen molar-refractivity contribution in [1.29, 1.82) is 5.26 Å². The molecule has 162 valence electrons. The lowest BCUT2D eigenvalue weighted by atomic mass is 9.80. The highest BCUT2D eigenvalue weighted by Crippen LogP contribution is 2.29. The molecule has 2 amide bonds. The van der Waals surface area contributed by atoms with Gasteiger partial charge < -0.3 is 15.7 Å². The summed E-state index contributed by atoms with van der Waals surface area (Å²) in [5.74, 6) is -0.453. The molecule has 1 unspecified atom stereocenters. The first-order valence-corrected chi connectivity index (χ1v) is 10.2. The Kier molecular flexibility index (Phi) is 6.70. The zero-order chi connectivity index (χ0) is 22.4. The van der Waals surface area contributed by atoms with Crippen LogP contribution in [-0.4, -0.2) is 38.9 Å². The first-order chi connectivity index (χ1) is 14.8. The molecule has 4 N–H and O–H groups in total. The molecule has 9 heteroatoms. The predicted octanol–water partition coefficient (Wildman–Crippen LogP) is 2.27. The van der Waals surface area contributed by atoms with E-state index in [2.05, 4.69) is 26.9 Å². The Morgan fingerprint density at radius 3 is 2.52 bits per heavy atom. The number of aryl methyl sites for hydroxylation is 1. The van der Waals surface area contributed by atoms with Crippen molar-refractivity contribution in [2.24, 2.45) is 0 Å². The number of nitrogens with zero attached hydrogens (tertiary/aromatic N) is 2. The second-order valence-electron chi connectivity index (χ2n) is 7.89. The first kappa shape index (κ1) is 22.0.